The van der Waals surface area contributed by atoms with Gasteiger partial charge in [-0.2, -0.15) is 0 Å². The highest BCUT2D eigenvalue weighted by atomic mass is 35.5. The number of halogens is 2. The molecule has 0 unspecified atom stereocenters. The lowest BCUT2D eigenvalue weighted by Crippen LogP contribution is -2.58. The first-order valence-electron chi connectivity index (χ1n) is 9.07. The summed E-state index contributed by atoms with van der Waals surface area (Å²) in [5, 5.41) is 0. The van der Waals surface area contributed by atoms with Crippen molar-refractivity contribution in [1.29, 1.82) is 0 Å². The van der Waals surface area contributed by atoms with Crippen molar-refractivity contribution in [1.82, 2.24) is 9.80 Å². The first-order chi connectivity index (χ1) is 12.0. The summed E-state index contributed by atoms with van der Waals surface area (Å²) in [5.74, 6) is 1.75. The number of benzene rings is 1. The van der Waals surface area contributed by atoms with Gasteiger partial charge in [0.25, 0.3) is 0 Å². The lowest BCUT2D eigenvalue weighted by atomic mass is 9.97. The summed E-state index contributed by atoms with van der Waals surface area (Å²) >= 11 is 0. The van der Waals surface area contributed by atoms with Crippen molar-refractivity contribution in [2.24, 2.45) is 5.73 Å². The molecule has 0 aromatic heterocycles. The molecule has 1 aliphatic carbocycles. The second kappa shape index (κ2) is 10.4. The minimum absolute atomic E-state index is 0. The zero-order valence-corrected chi connectivity index (χ0v) is 17.7. The van der Waals surface area contributed by atoms with Gasteiger partial charge in [0.1, 0.15) is 11.5 Å². The molecule has 27 heavy (non-hydrogen) atoms. The fourth-order valence-electron chi connectivity index (χ4n) is 3.86. The quantitative estimate of drug-likeness (QED) is 0.793. The number of methoxy groups -OCH3 is 2. The summed E-state index contributed by atoms with van der Waals surface area (Å²) in [6.07, 6.45) is 3.80. The molecule has 1 heterocycles. The second-order valence-corrected chi connectivity index (χ2v) is 7.15. The predicted octanol–water partition coefficient (Wildman–Crippen LogP) is 2.46. The predicted molar refractivity (Wildman–Crippen MR) is 111 cm³/mol. The average molecular weight is 420 g/mol. The smallest absolute Gasteiger partial charge is 0.242 e. The van der Waals surface area contributed by atoms with E-state index in [0.717, 1.165) is 75.5 Å². The summed E-state index contributed by atoms with van der Waals surface area (Å²) in [5.41, 5.74) is 6.87. The van der Waals surface area contributed by atoms with Gasteiger partial charge in [-0.25, -0.2) is 0 Å². The molecule has 2 fully saturated rings. The van der Waals surface area contributed by atoms with Crippen LogP contribution in [0.1, 0.15) is 31.2 Å². The molecule has 8 heteroatoms. The molecule has 154 valence electrons. The van der Waals surface area contributed by atoms with E-state index in [9.17, 15) is 4.79 Å². The number of ether oxygens (including phenoxy) is 2. The van der Waals surface area contributed by atoms with E-state index >= 15 is 0 Å². The zero-order chi connectivity index (χ0) is 17.9. The maximum absolute atomic E-state index is 12.7. The Bertz CT molecular complexity index is 594. The Hall–Kier alpha value is -1.21. The van der Waals surface area contributed by atoms with Gasteiger partial charge in [0.05, 0.1) is 19.8 Å². The highest BCUT2D eigenvalue weighted by molar-refractivity contribution is 5.86. The highest BCUT2D eigenvalue weighted by Crippen LogP contribution is 2.29. The molecule has 0 spiro atoms. The first-order valence-corrected chi connectivity index (χ1v) is 9.07. The Morgan fingerprint density at radius 1 is 1.00 bits per heavy atom. The van der Waals surface area contributed by atoms with Crippen molar-refractivity contribution in [3.05, 3.63) is 23.8 Å². The van der Waals surface area contributed by atoms with E-state index < -0.39 is 5.54 Å². The van der Waals surface area contributed by atoms with Crippen LogP contribution in [0, 0.1) is 0 Å². The zero-order valence-electron chi connectivity index (χ0n) is 16.1. The molecule has 0 radical (unpaired) electrons. The Morgan fingerprint density at radius 2 is 1.52 bits per heavy atom. The normalized spacial score (nSPS) is 19.0. The van der Waals surface area contributed by atoms with Crippen LogP contribution in [0.2, 0.25) is 0 Å². The summed E-state index contributed by atoms with van der Waals surface area (Å²) in [6.45, 7) is 4.05. The Morgan fingerprint density at radius 3 is 2.00 bits per heavy atom. The fourth-order valence-corrected chi connectivity index (χ4v) is 3.86. The minimum Gasteiger partial charge on any atom is -0.497 e. The molecular formula is C19H31Cl2N3O3. The largest absolute Gasteiger partial charge is 0.497 e. The maximum atomic E-state index is 12.7. The van der Waals surface area contributed by atoms with Crippen molar-refractivity contribution < 1.29 is 14.3 Å². The van der Waals surface area contributed by atoms with Gasteiger partial charge in [0.15, 0.2) is 0 Å². The molecule has 0 atom stereocenters. The Balaban J connectivity index is 0.00000182. The molecule has 1 aromatic carbocycles. The standard InChI is InChI=1S/C19H29N3O3.2ClH/c1-24-16-11-15(12-17(13-16)25-2)14-21-7-9-22(10-8-21)18(23)19(20)5-3-4-6-19;;/h11-13H,3-10,14,20H2,1-2H3;2*1H. The molecule has 2 aliphatic rings. The van der Waals surface area contributed by atoms with E-state index in [1.807, 2.05) is 23.1 Å². The topological polar surface area (TPSA) is 68.0 Å². The molecule has 3 rings (SSSR count). The molecule has 1 saturated carbocycles. The molecule has 1 aliphatic heterocycles. The number of nitrogens with zero attached hydrogens (tertiary/aromatic N) is 2. The molecule has 1 amide bonds. The van der Waals surface area contributed by atoms with Crippen molar-refractivity contribution in [3.63, 3.8) is 0 Å². The van der Waals surface area contributed by atoms with Crippen LogP contribution in [0.4, 0.5) is 0 Å². The van der Waals surface area contributed by atoms with Crippen molar-refractivity contribution in [3.8, 4) is 11.5 Å². The lowest BCUT2D eigenvalue weighted by Gasteiger charge is -2.38. The first kappa shape index (κ1) is 23.8. The number of piperazine rings is 1. The molecule has 6 nitrogen and oxygen atoms in total. The van der Waals surface area contributed by atoms with E-state index in [1.54, 1.807) is 14.2 Å². The van der Waals surface area contributed by atoms with E-state index in [2.05, 4.69) is 4.90 Å². The van der Waals surface area contributed by atoms with Crippen molar-refractivity contribution in [2.45, 2.75) is 37.8 Å². The van der Waals surface area contributed by atoms with Crippen LogP contribution in [-0.4, -0.2) is 61.6 Å². The number of amides is 1. The number of hydrogen-bond donors (Lipinski definition) is 1. The monoisotopic (exact) mass is 419 g/mol. The van der Waals surface area contributed by atoms with Gasteiger partial charge in [-0.3, -0.25) is 9.69 Å². The van der Waals surface area contributed by atoms with E-state index in [4.69, 9.17) is 15.2 Å². The van der Waals surface area contributed by atoms with Crippen molar-refractivity contribution in [2.75, 3.05) is 40.4 Å². The van der Waals surface area contributed by atoms with Gasteiger partial charge in [0.2, 0.25) is 5.91 Å². The molecule has 0 bridgehead atoms. The average Bonchev–Trinajstić information content (AvgIpc) is 3.09. The molecule has 1 saturated heterocycles. The third-order valence-electron chi connectivity index (χ3n) is 5.40. The summed E-state index contributed by atoms with van der Waals surface area (Å²) < 4.78 is 10.7. The number of carbonyl (C=O) groups excluding carboxylic acids is 1. The van der Waals surface area contributed by atoms with Crippen LogP contribution in [-0.2, 0) is 11.3 Å². The van der Waals surface area contributed by atoms with Gasteiger partial charge in [-0.1, -0.05) is 12.8 Å². The van der Waals surface area contributed by atoms with Gasteiger partial charge in [-0.05, 0) is 30.5 Å². The summed E-state index contributed by atoms with van der Waals surface area (Å²) in [4.78, 5) is 17.0. The Labute approximate surface area is 174 Å². The van der Waals surface area contributed by atoms with Crippen molar-refractivity contribution >= 4 is 30.7 Å². The van der Waals surface area contributed by atoms with E-state index in [0.29, 0.717) is 0 Å². The van der Waals surface area contributed by atoms with Crippen LogP contribution < -0.4 is 15.2 Å². The number of hydrogen-bond acceptors (Lipinski definition) is 5. The molecule has 2 N–H and O–H groups in total. The van der Waals surface area contributed by atoms with Crippen LogP contribution in [0.5, 0.6) is 11.5 Å². The lowest BCUT2D eigenvalue weighted by molar-refractivity contribution is -0.138. The van der Waals surface area contributed by atoms with Crippen LogP contribution in [0.15, 0.2) is 18.2 Å². The molecule has 1 aromatic rings. The number of carbonyl (C=O) groups is 1. The van der Waals surface area contributed by atoms with Gasteiger partial charge < -0.3 is 20.1 Å². The second-order valence-electron chi connectivity index (χ2n) is 7.15. The Kier molecular flexibility index (Phi) is 9.15. The fraction of sp³-hybridized carbons (Fsp3) is 0.632. The minimum atomic E-state index is -0.609. The van der Waals surface area contributed by atoms with E-state index in [-0.39, 0.29) is 30.7 Å². The van der Waals surface area contributed by atoms with Gasteiger partial charge >= 0.3 is 0 Å². The molecular weight excluding hydrogens is 389 g/mol. The van der Waals surface area contributed by atoms with Gasteiger partial charge in [0, 0.05) is 38.8 Å². The number of nitrogens with two attached hydrogens (primary N) is 1. The summed E-state index contributed by atoms with van der Waals surface area (Å²) in [6, 6.07) is 5.95. The van der Waals surface area contributed by atoms with Crippen LogP contribution in [0.25, 0.3) is 0 Å². The SMILES string of the molecule is COc1cc(CN2CCN(C(=O)C3(N)CCCC3)CC2)cc(OC)c1.Cl.Cl. The maximum Gasteiger partial charge on any atom is 0.242 e. The van der Waals surface area contributed by atoms with Crippen LogP contribution in [0.3, 0.4) is 0 Å². The summed E-state index contributed by atoms with van der Waals surface area (Å²) in [7, 11) is 3.32. The third kappa shape index (κ3) is 5.64. The number of rotatable bonds is 5. The third-order valence-corrected chi connectivity index (χ3v) is 5.40. The van der Waals surface area contributed by atoms with Gasteiger partial charge in [-0.15, -0.1) is 24.8 Å². The van der Waals surface area contributed by atoms with Crippen LogP contribution >= 0.6 is 24.8 Å². The van der Waals surface area contributed by atoms with E-state index in [1.165, 1.54) is 0 Å². The highest BCUT2D eigenvalue weighted by Gasteiger charge is 2.40.